The van der Waals surface area contributed by atoms with Crippen LogP contribution in [0, 0.1) is 6.92 Å². The first-order chi connectivity index (χ1) is 7.40. The monoisotopic (exact) mass is 258 g/mol. The molecule has 3 nitrogen and oxygen atoms in total. The Morgan fingerprint density at radius 2 is 2.06 bits per heavy atom. The van der Waals surface area contributed by atoms with E-state index in [1.165, 1.54) is 0 Å². The zero-order valence-corrected chi connectivity index (χ0v) is 11.0. The summed E-state index contributed by atoms with van der Waals surface area (Å²) in [6, 6.07) is 3.49. The fourth-order valence-corrected chi connectivity index (χ4v) is 1.70. The van der Waals surface area contributed by atoms with Gasteiger partial charge in [-0.25, -0.2) is 0 Å². The van der Waals surface area contributed by atoms with Crippen LogP contribution in [0.15, 0.2) is 12.1 Å². The molecule has 0 spiro atoms. The Bertz CT molecular complexity index is 407. The van der Waals surface area contributed by atoms with Gasteiger partial charge in [-0.1, -0.05) is 11.6 Å². The van der Waals surface area contributed by atoms with Crippen molar-refractivity contribution in [1.29, 1.82) is 0 Å². The van der Waals surface area contributed by atoms with E-state index in [4.69, 9.17) is 23.8 Å². The molecule has 1 aromatic rings. The number of aryl methyl sites for hydroxylation is 1. The van der Waals surface area contributed by atoms with Gasteiger partial charge < -0.3 is 15.7 Å². The molecule has 0 bridgehead atoms. The van der Waals surface area contributed by atoms with Crippen LogP contribution in [-0.4, -0.2) is 16.3 Å². The molecule has 3 N–H and O–H groups in total. The maximum atomic E-state index is 9.69. The predicted molar refractivity (Wildman–Crippen MR) is 72.3 cm³/mol. The molecule has 0 fully saturated rings. The van der Waals surface area contributed by atoms with Crippen LogP contribution in [0.4, 0.5) is 5.69 Å². The molecule has 0 amide bonds. The standard InChI is InChI=1S/C11H15ClN2OS/c1-6(2)13-11(16)14-9-5-8(12)7(3)4-10(9)15/h4-6,15H,1-3H3,(H2,13,14,16). The molecule has 1 aromatic carbocycles. The second kappa shape index (κ2) is 5.37. The molecule has 0 saturated heterocycles. The molecule has 0 atom stereocenters. The highest BCUT2D eigenvalue weighted by Crippen LogP contribution is 2.29. The lowest BCUT2D eigenvalue weighted by atomic mass is 10.2. The van der Waals surface area contributed by atoms with Gasteiger partial charge in [-0.05, 0) is 50.7 Å². The minimum atomic E-state index is 0.134. The first kappa shape index (κ1) is 13.1. The van der Waals surface area contributed by atoms with Gasteiger partial charge in [0.1, 0.15) is 5.75 Å². The van der Waals surface area contributed by atoms with E-state index in [0.29, 0.717) is 15.8 Å². The summed E-state index contributed by atoms with van der Waals surface area (Å²) < 4.78 is 0. The van der Waals surface area contributed by atoms with Gasteiger partial charge in [-0.2, -0.15) is 0 Å². The van der Waals surface area contributed by atoms with Crippen LogP contribution in [0.1, 0.15) is 19.4 Å². The summed E-state index contributed by atoms with van der Waals surface area (Å²) in [5.41, 5.74) is 1.33. The average molecular weight is 259 g/mol. The SMILES string of the molecule is Cc1cc(O)c(NC(=S)NC(C)C)cc1Cl. The number of benzene rings is 1. The molecule has 0 aliphatic heterocycles. The Kier molecular flexibility index (Phi) is 4.38. The summed E-state index contributed by atoms with van der Waals surface area (Å²) in [5, 5.41) is 16.7. The van der Waals surface area contributed by atoms with E-state index in [0.717, 1.165) is 5.56 Å². The molecule has 0 unspecified atom stereocenters. The number of anilines is 1. The van der Waals surface area contributed by atoms with Crippen LogP contribution >= 0.6 is 23.8 Å². The van der Waals surface area contributed by atoms with Crippen molar-refractivity contribution in [3.05, 3.63) is 22.7 Å². The molecule has 0 heterocycles. The minimum Gasteiger partial charge on any atom is -0.506 e. The molecule has 0 saturated carbocycles. The normalized spacial score (nSPS) is 10.3. The van der Waals surface area contributed by atoms with Gasteiger partial charge >= 0.3 is 0 Å². The quantitative estimate of drug-likeness (QED) is 0.564. The van der Waals surface area contributed by atoms with E-state index in [-0.39, 0.29) is 11.8 Å². The number of phenolic OH excluding ortho intramolecular Hbond substituents is 1. The van der Waals surface area contributed by atoms with Crippen molar-refractivity contribution in [1.82, 2.24) is 5.32 Å². The number of hydrogen-bond donors (Lipinski definition) is 3. The highest BCUT2D eigenvalue weighted by molar-refractivity contribution is 7.80. The Morgan fingerprint density at radius 3 is 2.62 bits per heavy atom. The van der Waals surface area contributed by atoms with Crippen LogP contribution in [0.5, 0.6) is 5.75 Å². The smallest absolute Gasteiger partial charge is 0.171 e. The summed E-state index contributed by atoms with van der Waals surface area (Å²) in [7, 11) is 0. The van der Waals surface area contributed by atoms with Gasteiger partial charge in [-0.15, -0.1) is 0 Å². The number of hydrogen-bond acceptors (Lipinski definition) is 2. The van der Waals surface area contributed by atoms with Crippen LogP contribution in [0.25, 0.3) is 0 Å². The summed E-state index contributed by atoms with van der Waals surface area (Å²) in [6.07, 6.45) is 0. The Hall–Kier alpha value is -1.00. The fourth-order valence-electron chi connectivity index (χ4n) is 1.19. The number of halogens is 1. The van der Waals surface area contributed by atoms with Crippen molar-refractivity contribution in [2.75, 3.05) is 5.32 Å². The van der Waals surface area contributed by atoms with E-state index < -0.39 is 0 Å². The van der Waals surface area contributed by atoms with Gasteiger partial charge in [0, 0.05) is 11.1 Å². The second-order valence-electron chi connectivity index (χ2n) is 3.87. The third-order valence-corrected chi connectivity index (χ3v) is 2.57. The summed E-state index contributed by atoms with van der Waals surface area (Å²) >= 11 is 11.0. The largest absolute Gasteiger partial charge is 0.506 e. The molecule has 88 valence electrons. The van der Waals surface area contributed by atoms with Gasteiger partial charge in [0.05, 0.1) is 5.69 Å². The van der Waals surface area contributed by atoms with Gasteiger partial charge in [0.2, 0.25) is 0 Å². The maximum absolute atomic E-state index is 9.69. The molecule has 0 aliphatic carbocycles. The van der Waals surface area contributed by atoms with E-state index in [9.17, 15) is 5.11 Å². The highest BCUT2D eigenvalue weighted by Gasteiger charge is 2.07. The summed E-state index contributed by atoms with van der Waals surface area (Å²) in [6.45, 7) is 5.79. The zero-order valence-electron chi connectivity index (χ0n) is 9.47. The van der Waals surface area contributed by atoms with E-state index in [1.807, 2.05) is 20.8 Å². The molecule has 16 heavy (non-hydrogen) atoms. The topological polar surface area (TPSA) is 44.3 Å². The van der Waals surface area contributed by atoms with Crippen LogP contribution in [0.3, 0.4) is 0 Å². The third kappa shape index (κ3) is 3.54. The minimum absolute atomic E-state index is 0.134. The molecule has 5 heteroatoms. The van der Waals surface area contributed by atoms with Gasteiger partial charge in [0.15, 0.2) is 5.11 Å². The van der Waals surface area contributed by atoms with Crippen molar-refractivity contribution >= 4 is 34.6 Å². The molecule has 0 radical (unpaired) electrons. The molecular weight excluding hydrogens is 244 g/mol. The van der Waals surface area contributed by atoms with E-state index in [2.05, 4.69) is 10.6 Å². The summed E-state index contributed by atoms with van der Waals surface area (Å²) in [4.78, 5) is 0. The van der Waals surface area contributed by atoms with Crippen molar-refractivity contribution in [3.8, 4) is 5.75 Å². The zero-order chi connectivity index (χ0) is 12.3. The van der Waals surface area contributed by atoms with Crippen LogP contribution in [0.2, 0.25) is 5.02 Å². The lowest BCUT2D eigenvalue weighted by Crippen LogP contribution is -2.33. The van der Waals surface area contributed by atoms with E-state index >= 15 is 0 Å². The Morgan fingerprint density at radius 1 is 1.44 bits per heavy atom. The number of thiocarbonyl (C=S) groups is 1. The van der Waals surface area contributed by atoms with Gasteiger partial charge in [-0.3, -0.25) is 0 Å². The number of phenols is 1. The third-order valence-electron chi connectivity index (χ3n) is 1.94. The first-order valence-electron chi connectivity index (χ1n) is 4.96. The molecule has 0 aliphatic rings. The second-order valence-corrected chi connectivity index (χ2v) is 4.69. The highest BCUT2D eigenvalue weighted by atomic mass is 35.5. The summed E-state index contributed by atoms with van der Waals surface area (Å²) in [5.74, 6) is 0.134. The number of aromatic hydroxyl groups is 1. The van der Waals surface area contributed by atoms with Crippen LogP contribution < -0.4 is 10.6 Å². The first-order valence-corrected chi connectivity index (χ1v) is 5.75. The Balaban J connectivity index is 2.81. The Labute approximate surface area is 106 Å². The van der Waals surface area contributed by atoms with Crippen molar-refractivity contribution < 1.29 is 5.11 Å². The van der Waals surface area contributed by atoms with Crippen molar-refractivity contribution in [2.24, 2.45) is 0 Å². The number of rotatable bonds is 2. The lowest BCUT2D eigenvalue weighted by molar-refractivity contribution is 0.477. The fraction of sp³-hybridized carbons (Fsp3) is 0.364. The molecule has 1 rings (SSSR count). The predicted octanol–water partition coefficient (Wildman–Crippen LogP) is 3.05. The van der Waals surface area contributed by atoms with Gasteiger partial charge in [0.25, 0.3) is 0 Å². The molecular formula is C11H15ClN2OS. The van der Waals surface area contributed by atoms with Crippen molar-refractivity contribution in [3.63, 3.8) is 0 Å². The maximum Gasteiger partial charge on any atom is 0.171 e. The van der Waals surface area contributed by atoms with E-state index in [1.54, 1.807) is 12.1 Å². The van der Waals surface area contributed by atoms with Crippen molar-refractivity contribution in [2.45, 2.75) is 26.8 Å². The molecule has 0 aromatic heterocycles. The average Bonchev–Trinajstić information content (AvgIpc) is 2.12. The van der Waals surface area contributed by atoms with Crippen LogP contribution in [-0.2, 0) is 0 Å². The lowest BCUT2D eigenvalue weighted by Gasteiger charge is -2.14. The number of nitrogens with one attached hydrogen (secondary N) is 2.